The molecule has 1 saturated carbocycles. The van der Waals surface area contributed by atoms with Crippen LogP contribution < -0.4 is 0 Å². The molecule has 438 valence electrons. The molecule has 0 radical (unpaired) electrons. The van der Waals surface area contributed by atoms with Crippen molar-refractivity contribution in [2.24, 2.45) is 80.3 Å². The van der Waals surface area contributed by atoms with E-state index in [9.17, 15) is 0 Å². The number of hydrogen-bond acceptors (Lipinski definition) is 0. The lowest BCUT2D eigenvalue weighted by Gasteiger charge is -2.22. The van der Waals surface area contributed by atoms with Crippen LogP contribution in [0.5, 0.6) is 0 Å². The zero-order valence-corrected chi connectivity index (χ0v) is 58.1. The number of hydrogen-bond donors (Lipinski definition) is 0. The van der Waals surface area contributed by atoms with Crippen LogP contribution in [-0.4, -0.2) is 0 Å². The van der Waals surface area contributed by atoms with Gasteiger partial charge < -0.3 is 0 Å². The van der Waals surface area contributed by atoms with Crippen molar-refractivity contribution in [2.45, 2.75) is 378 Å². The zero-order chi connectivity index (χ0) is 58.1. The highest BCUT2D eigenvalue weighted by Crippen LogP contribution is 2.26. The van der Waals surface area contributed by atoms with Gasteiger partial charge in [-0.25, -0.2) is 0 Å². The maximum absolute atomic E-state index is 2.36. The van der Waals surface area contributed by atoms with Crippen LogP contribution in [0.4, 0.5) is 0 Å². The normalized spacial score (nSPS) is 14.1. The summed E-state index contributed by atoms with van der Waals surface area (Å²) in [6, 6.07) is 0. The van der Waals surface area contributed by atoms with Crippen molar-refractivity contribution in [3.63, 3.8) is 0 Å². The minimum Gasteiger partial charge on any atom is -0.0654 e. The van der Waals surface area contributed by atoms with E-state index in [2.05, 4.69) is 256 Å². The van der Waals surface area contributed by atoms with E-state index in [4.69, 9.17) is 0 Å². The smallest absolute Gasteiger partial charge is 0.0359 e. The van der Waals surface area contributed by atoms with Gasteiger partial charge in [0.1, 0.15) is 0 Å². The lowest BCUT2D eigenvalue weighted by Crippen LogP contribution is -2.12. The molecular weight excluding hydrogens is 841 g/mol. The monoisotopic (exact) mass is 999 g/mol. The molecule has 1 fully saturated rings. The van der Waals surface area contributed by atoms with Gasteiger partial charge in [0, 0.05) is 0 Å². The minimum atomic E-state index is 0.500. The Balaban J connectivity index is -0.0000000844. The summed E-state index contributed by atoms with van der Waals surface area (Å²) in [5, 5.41) is 0. The van der Waals surface area contributed by atoms with E-state index in [1.54, 1.807) is 0 Å². The van der Waals surface area contributed by atoms with Crippen LogP contribution in [0.1, 0.15) is 378 Å². The van der Waals surface area contributed by atoms with E-state index >= 15 is 0 Å². The quantitative estimate of drug-likeness (QED) is 0.153. The summed E-state index contributed by atoms with van der Waals surface area (Å²) in [6.45, 7) is 83.9. The van der Waals surface area contributed by atoms with Gasteiger partial charge in [-0.15, -0.1) is 0 Å². The molecule has 1 aliphatic rings. The molecule has 0 bridgehead atoms. The molecule has 0 nitrogen and oxygen atoms in total. The first kappa shape index (κ1) is 89.6. The Kier molecular flexibility index (Phi) is 70.7. The van der Waals surface area contributed by atoms with Crippen LogP contribution >= 0.6 is 0 Å². The third-order valence-corrected chi connectivity index (χ3v) is 17.0. The highest BCUT2D eigenvalue weighted by atomic mass is 14.2. The van der Waals surface area contributed by atoms with Crippen LogP contribution in [0, 0.1) is 80.3 Å². The van der Waals surface area contributed by atoms with Gasteiger partial charge in [-0.1, -0.05) is 372 Å². The highest BCUT2D eigenvalue weighted by molar-refractivity contribution is 4.66. The van der Waals surface area contributed by atoms with E-state index in [-0.39, 0.29) is 0 Å². The Hall–Kier alpha value is 0. The minimum absolute atomic E-state index is 0.500. The molecule has 0 aromatic rings. The average Bonchev–Trinajstić information content (AvgIpc) is 3.27. The first-order valence-electron chi connectivity index (χ1n) is 31.6. The third-order valence-electron chi connectivity index (χ3n) is 17.0. The molecule has 70 heavy (non-hydrogen) atoms. The Morgan fingerprint density at radius 1 is 0.371 bits per heavy atom. The Bertz CT molecular complexity index is 816. The summed E-state index contributed by atoms with van der Waals surface area (Å²) in [6.07, 6.45) is 26.0. The molecule has 1 aliphatic carbocycles. The third kappa shape index (κ3) is 87.7. The average molecular weight is 1000 g/mol. The number of rotatable bonds is 15. The largest absolute Gasteiger partial charge is 0.0654 e. The lowest BCUT2D eigenvalue weighted by atomic mass is 9.84. The SMILES string of the molecule is CC(C)C(C)(C)C.CC(C)C(C)(C)C.CC1CCCCC1.CCC(C)(C)CC.CCC(C)(C)CC.CCC(C)C(C)C.CCC(C)C(C)C.CCC(CC)CC.CCCC(C)(C)C.CCCC(C)CC. The molecule has 0 amide bonds. The lowest BCUT2D eigenvalue weighted by molar-refractivity contribution is 0.283. The Morgan fingerprint density at radius 3 is 0.686 bits per heavy atom. The van der Waals surface area contributed by atoms with Gasteiger partial charge in [-0.05, 0) is 86.8 Å². The highest BCUT2D eigenvalue weighted by Gasteiger charge is 2.15. The molecule has 0 heteroatoms. The van der Waals surface area contributed by atoms with Gasteiger partial charge in [0.25, 0.3) is 0 Å². The maximum Gasteiger partial charge on any atom is -0.0359 e. The van der Waals surface area contributed by atoms with Crippen molar-refractivity contribution in [3.8, 4) is 0 Å². The summed E-state index contributed by atoms with van der Waals surface area (Å²) in [7, 11) is 0. The van der Waals surface area contributed by atoms with E-state index < -0.39 is 0 Å². The summed E-state index contributed by atoms with van der Waals surface area (Å²) in [4.78, 5) is 0. The second kappa shape index (κ2) is 55.2. The van der Waals surface area contributed by atoms with Gasteiger partial charge in [0.2, 0.25) is 0 Å². The first-order chi connectivity index (χ1) is 31.6. The van der Waals surface area contributed by atoms with Gasteiger partial charge in [0.15, 0.2) is 0 Å². The van der Waals surface area contributed by atoms with Crippen LogP contribution in [0.2, 0.25) is 0 Å². The van der Waals surface area contributed by atoms with Crippen LogP contribution in [0.15, 0.2) is 0 Å². The predicted octanol–water partition coefficient (Wildman–Crippen LogP) is 27.5. The van der Waals surface area contributed by atoms with E-state index in [0.29, 0.717) is 27.1 Å². The molecule has 0 heterocycles. The predicted molar refractivity (Wildman–Crippen MR) is 341 cm³/mol. The summed E-state index contributed by atoms with van der Waals surface area (Å²) >= 11 is 0. The van der Waals surface area contributed by atoms with Gasteiger partial charge >= 0.3 is 0 Å². The van der Waals surface area contributed by atoms with Gasteiger partial charge in [-0.3, -0.25) is 0 Å². The zero-order valence-electron chi connectivity index (χ0n) is 58.1. The fourth-order valence-corrected chi connectivity index (χ4v) is 5.06. The van der Waals surface area contributed by atoms with E-state index in [1.165, 1.54) is 122 Å². The van der Waals surface area contributed by atoms with Crippen molar-refractivity contribution < 1.29 is 0 Å². The molecule has 3 atom stereocenters. The van der Waals surface area contributed by atoms with Crippen molar-refractivity contribution in [1.82, 2.24) is 0 Å². The maximum atomic E-state index is 2.36. The van der Waals surface area contributed by atoms with Crippen molar-refractivity contribution in [1.29, 1.82) is 0 Å². The fraction of sp³-hybridized carbons (Fsp3) is 1.00. The molecule has 0 spiro atoms. The molecule has 1 rings (SSSR count). The summed E-state index contributed by atoms with van der Waals surface area (Å²) in [5.74, 6) is 8.11. The van der Waals surface area contributed by atoms with Gasteiger partial charge in [0.05, 0.1) is 0 Å². The van der Waals surface area contributed by atoms with Crippen molar-refractivity contribution in [2.75, 3.05) is 0 Å². The molecule has 0 aromatic carbocycles. The molecule has 0 aliphatic heterocycles. The van der Waals surface area contributed by atoms with Crippen LogP contribution in [-0.2, 0) is 0 Å². The van der Waals surface area contributed by atoms with Crippen molar-refractivity contribution in [3.05, 3.63) is 0 Å². The Morgan fingerprint density at radius 2 is 0.643 bits per heavy atom. The topological polar surface area (TPSA) is 0 Å². The molecule has 0 aromatic heterocycles. The standard InChI is InChI=1S/C7H14.9C7H16/c1-7-5-3-2-4-6-7;2*1-6(2)7(3,4)5;1-5-6-7(2,3)4;2*1-5-7(3,4)6-2;2*1-5-7(4)6(2)3;1-4-6-7(3)5-2;1-4-7(5-2)6-3/h7H,2-6H2,1H3;2*6H,1-5H3;3*5-6H2,1-4H3;2*6-7H,5H2,1-4H3;2*7H,4-6H2,1-3H3. The van der Waals surface area contributed by atoms with Gasteiger partial charge in [-0.2, -0.15) is 0 Å². The summed E-state index contributed by atoms with van der Waals surface area (Å²) < 4.78 is 0. The first-order valence-corrected chi connectivity index (χ1v) is 31.6. The fourth-order valence-electron chi connectivity index (χ4n) is 5.06. The second-order valence-corrected chi connectivity index (χ2v) is 28.5. The van der Waals surface area contributed by atoms with Crippen LogP contribution in [0.25, 0.3) is 0 Å². The molecule has 0 saturated heterocycles. The second-order valence-electron chi connectivity index (χ2n) is 28.5. The molecule has 3 unspecified atom stereocenters. The summed E-state index contributed by atoms with van der Waals surface area (Å²) in [5.41, 5.74) is 2.72. The van der Waals surface area contributed by atoms with E-state index in [0.717, 1.165) is 53.3 Å². The Labute approximate surface area is 456 Å². The molecular formula is C70H158. The van der Waals surface area contributed by atoms with Crippen LogP contribution in [0.3, 0.4) is 0 Å². The van der Waals surface area contributed by atoms with Crippen molar-refractivity contribution >= 4 is 0 Å². The van der Waals surface area contributed by atoms with E-state index in [1.807, 2.05) is 0 Å². The molecule has 0 N–H and O–H groups in total.